The van der Waals surface area contributed by atoms with E-state index in [0.717, 1.165) is 5.56 Å². The molecule has 1 amide bonds. The molecule has 3 nitrogen and oxygen atoms in total. The van der Waals surface area contributed by atoms with Gasteiger partial charge in [-0.15, -0.1) is 0 Å². The van der Waals surface area contributed by atoms with Crippen LogP contribution in [0.15, 0.2) is 42.5 Å². The van der Waals surface area contributed by atoms with E-state index in [0.29, 0.717) is 0 Å². The minimum absolute atomic E-state index is 0.0823. The molecule has 3 heteroatoms. The quantitative estimate of drug-likeness (QED) is 0.664. The fourth-order valence-corrected chi connectivity index (χ4v) is 1.28. The van der Waals surface area contributed by atoms with Crippen LogP contribution in [-0.2, 0) is 4.79 Å². The van der Waals surface area contributed by atoms with Gasteiger partial charge < -0.3 is 0 Å². The van der Waals surface area contributed by atoms with Crippen LogP contribution < -0.4 is 10.9 Å². The second kappa shape index (κ2) is 3.41. The van der Waals surface area contributed by atoms with Crippen molar-refractivity contribution in [2.45, 2.75) is 6.04 Å². The Kier molecular flexibility index (Phi) is 2.10. The van der Waals surface area contributed by atoms with Crippen molar-refractivity contribution in [3.05, 3.63) is 48.0 Å². The summed E-state index contributed by atoms with van der Waals surface area (Å²) in [7, 11) is 0. The average Bonchev–Trinajstić information content (AvgIpc) is 2.20. The predicted molar refractivity (Wildman–Crippen MR) is 49.6 cm³/mol. The van der Waals surface area contributed by atoms with Crippen LogP contribution in [0.1, 0.15) is 11.6 Å². The van der Waals surface area contributed by atoms with Crippen LogP contribution >= 0.6 is 0 Å². The molecule has 0 aliphatic carbocycles. The fourth-order valence-electron chi connectivity index (χ4n) is 1.28. The number of carbonyl (C=O) groups is 1. The molecule has 0 saturated carbocycles. The summed E-state index contributed by atoms with van der Waals surface area (Å²) in [5.74, 6) is -0.104. The van der Waals surface area contributed by atoms with Gasteiger partial charge in [-0.05, 0) is 5.56 Å². The highest BCUT2D eigenvalue weighted by Gasteiger charge is 2.11. The van der Waals surface area contributed by atoms with Gasteiger partial charge in [0.2, 0.25) is 0 Å². The van der Waals surface area contributed by atoms with Gasteiger partial charge in [-0.1, -0.05) is 36.4 Å². The molecular formula is C10H10N2O. The van der Waals surface area contributed by atoms with Crippen LogP contribution in [0.5, 0.6) is 0 Å². The third-order valence-corrected chi connectivity index (χ3v) is 1.95. The van der Waals surface area contributed by atoms with Crippen LogP contribution in [0.25, 0.3) is 0 Å². The van der Waals surface area contributed by atoms with Crippen molar-refractivity contribution in [3.8, 4) is 0 Å². The lowest BCUT2D eigenvalue weighted by Crippen LogP contribution is -2.41. The van der Waals surface area contributed by atoms with E-state index in [2.05, 4.69) is 10.9 Å². The smallest absolute Gasteiger partial charge is 0.257 e. The second-order valence-electron chi connectivity index (χ2n) is 2.88. The van der Waals surface area contributed by atoms with Crippen molar-refractivity contribution < 1.29 is 4.79 Å². The molecule has 1 atom stereocenters. The summed E-state index contributed by atoms with van der Waals surface area (Å²) in [6, 6.07) is 10.0. The van der Waals surface area contributed by atoms with Crippen molar-refractivity contribution >= 4 is 5.91 Å². The lowest BCUT2D eigenvalue weighted by Gasteiger charge is -2.18. The van der Waals surface area contributed by atoms with Gasteiger partial charge in [-0.2, -0.15) is 0 Å². The third kappa shape index (κ3) is 1.76. The minimum Gasteiger partial charge on any atom is -0.287 e. The number of hydrogen-bond donors (Lipinski definition) is 2. The van der Waals surface area contributed by atoms with Crippen LogP contribution in [0.4, 0.5) is 0 Å². The molecule has 13 heavy (non-hydrogen) atoms. The molecule has 0 saturated heterocycles. The van der Waals surface area contributed by atoms with E-state index in [1.54, 1.807) is 0 Å². The Morgan fingerprint density at radius 1 is 1.15 bits per heavy atom. The molecule has 0 unspecified atom stereocenters. The molecule has 2 N–H and O–H groups in total. The average molecular weight is 174 g/mol. The lowest BCUT2D eigenvalue weighted by molar-refractivity contribution is -0.118. The molecule has 1 aromatic rings. The molecule has 2 rings (SSSR count). The molecule has 1 aliphatic heterocycles. The maximum absolute atomic E-state index is 10.8. The highest BCUT2D eigenvalue weighted by molar-refractivity contribution is 5.88. The van der Waals surface area contributed by atoms with Crippen molar-refractivity contribution in [2.75, 3.05) is 0 Å². The van der Waals surface area contributed by atoms with E-state index >= 15 is 0 Å². The topological polar surface area (TPSA) is 41.1 Å². The molecule has 0 fully saturated rings. The first-order valence-corrected chi connectivity index (χ1v) is 4.15. The van der Waals surface area contributed by atoms with Crippen LogP contribution in [0.3, 0.4) is 0 Å². The number of nitrogens with one attached hydrogen (secondary N) is 2. The third-order valence-electron chi connectivity index (χ3n) is 1.95. The Labute approximate surface area is 76.4 Å². The number of rotatable bonds is 1. The van der Waals surface area contributed by atoms with E-state index in [4.69, 9.17) is 0 Å². The number of hydrazine groups is 1. The highest BCUT2D eigenvalue weighted by atomic mass is 16.2. The highest BCUT2D eigenvalue weighted by Crippen LogP contribution is 2.14. The van der Waals surface area contributed by atoms with Gasteiger partial charge in [0, 0.05) is 6.08 Å². The van der Waals surface area contributed by atoms with E-state index in [1.807, 2.05) is 36.4 Å². The lowest BCUT2D eigenvalue weighted by atomic mass is 10.1. The van der Waals surface area contributed by atoms with Crippen molar-refractivity contribution in [1.29, 1.82) is 0 Å². The van der Waals surface area contributed by atoms with Crippen molar-refractivity contribution in [2.24, 2.45) is 0 Å². The van der Waals surface area contributed by atoms with Gasteiger partial charge in [0.15, 0.2) is 0 Å². The molecule has 0 aromatic heterocycles. The standard InChI is InChI=1S/C10H10N2O/c13-10-7-6-9(11-12-10)8-4-2-1-3-5-8/h1-7,9,11H,(H,12,13)/t9-/m0/s1. The van der Waals surface area contributed by atoms with Gasteiger partial charge in [0.1, 0.15) is 0 Å². The molecule has 0 spiro atoms. The Balaban J connectivity index is 2.20. The summed E-state index contributed by atoms with van der Waals surface area (Å²) in [6.07, 6.45) is 3.38. The first-order chi connectivity index (χ1) is 6.36. The summed E-state index contributed by atoms with van der Waals surface area (Å²) in [6.45, 7) is 0. The summed E-state index contributed by atoms with van der Waals surface area (Å²) in [5, 5.41) is 0. The van der Waals surface area contributed by atoms with Crippen LogP contribution in [0, 0.1) is 0 Å². The molecule has 1 aromatic carbocycles. The van der Waals surface area contributed by atoms with E-state index < -0.39 is 0 Å². The number of carbonyl (C=O) groups excluding carboxylic acids is 1. The molecule has 66 valence electrons. The number of benzene rings is 1. The zero-order valence-corrected chi connectivity index (χ0v) is 7.03. The molecule has 0 bridgehead atoms. The number of amides is 1. The largest absolute Gasteiger partial charge is 0.287 e. The van der Waals surface area contributed by atoms with Crippen molar-refractivity contribution in [3.63, 3.8) is 0 Å². The Morgan fingerprint density at radius 2 is 1.92 bits per heavy atom. The maximum Gasteiger partial charge on any atom is 0.257 e. The fraction of sp³-hybridized carbons (Fsp3) is 0.100. The van der Waals surface area contributed by atoms with Gasteiger partial charge in [0.25, 0.3) is 5.91 Å². The van der Waals surface area contributed by atoms with E-state index in [-0.39, 0.29) is 11.9 Å². The van der Waals surface area contributed by atoms with Crippen molar-refractivity contribution in [1.82, 2.24) is 10.9 Å². The summed E-state index contributed by atoms with van der Waals surface area (Å²) >= 11 is 0. The van der Waals surface area contributed by atoms with Crippen LogP contribution in [-0.4, -0.2) is 5.91 Å². The SMILES string of the molecule is O=C1C=C[C@@H](c2ccccc2)NN1. The van der Waals surface area contributed by atoms with E-state index in [9.17, 15) is 4.79 Å². The Morgan fingerprint density at radius 3 is 2.54 bits per heavy atom. The maximum atomic E-state index is 10.8. The molecular weight excluding hydrogens is 164 g/mol. The molecule has 1 heterocycles. The zero-order chi connectivity index (χ0) is 9.10. The van der Waals surface area contributed by atoms with Gasteiger partial charge in [-0.25, -0.2) is 5.43 Å². The normalized spacial score (nSPS) is 21.2. The molecule has 1 aliphatic rings. The van der Waals surface area contributed by atoms with Gasteiger partial charge in [-0.3, -0.25) is 10.2 Å². The minimum atomic E-state index is -0.104. The second-order valence-corrected chi connectivity index (χ2v) is 2.88. The Hall–Kier alpha value is -1.61. The molecule has 0 radical (unpaired) electrons. The number of hydrogen-bond acceptors (Lipinski definition) is 2. The van der Waals surface area contributed by atoms with Crippen LogP contribution in [0.2, 0.25) is 0 Å². The van der Waals surface area contributed by atoms with E-state index in [1.165, 1.54) is 6.08 Å². The Bertz CT molecular complexity index is 332. The predicted octanol–water partition coefficient (Wildman–Crippen LogP) is 0.918. The van der Waals surface area contributed by atoms with Gasteiger partial charge >= 0.3 is 0 Å². The zero-order valence-electron chi connectivity index (χ0n) is 7.03. The first-order valence-electron chi connectivity index (χ1n) is 4.15. The monoisotopic (exact) mass is 174 g/mol. The summed E-state index contributed by atoms with van der Waals surface area (Å²) in [5.41, 5.74) is 6.59. The van der Waals surface area contributed by atoms with Gasteiger partial charge in [0.05, 0.1) is 6.04 Å². The first kappa shape index (κ1) is 8.01. The summed E-state index contributed by atoms with van der Waals surface area (Å²) < 4.78 is 0. The summed E-state index contributed by atoms with van der Waals surface area (Å²) in [4.78, 5) is 10.8.